The number of imidazole rings is 1. The summed E-state index contributed by atoms with van der Waals surface area (Å²) in [6.07, 6.45) is 10.5. The van der Waals surface area contributed by atoms with Crippen LogP contribution in [0.1, 0.15) is 32.1 Å². The van der Waals surface area contributed by atoms with E-state index in [9.17, 15) is 0 Å². The van der Waals surface area contributed by atoms with Crippen molar-refractivity contribution in [3.63, 3.8) is 0 Å². The molecule has 2 aromatic rings. The van der Waals surface area contributed by atoms with Crippen molar-refractivity contribution < 1.29 is 0 Å². The van der Waals surface area contributed by atoms with Crippen LogP contribution in [0.15, 0.2) is 30.0 Å². The monoisotopic (exact) mass is 259 g/mol. The maximum Gasteiger partial charge on any atom is 0.179 e. The van der Waals surface area contributed by atoms with Crippen LogP contribution in [-0.4, -0.2) is 14.5 Å². The van der Waals surface area contributed by atoms with Crippen molar-refractivity contribution in [1.82, 2.24) is 14.5 Å². The molecule has 0 saturated carbocycles. The Morgan fingerprint density at radius 3 is 3.17 bits per heavy atom. The number of aromatic nitrogens is 3. The minimum atomic E-state index is 0.778. The van der Waals surface area contributed by atoms with Gasteiger partial charge in [-0.15, -0.1) is 0 Å². The first-order valence-corrected chi connectivity index (χ1v) is 6.97. The van der Waals surface area contributed by atoms with Gasteiger partial charge in [-0.3, -0.25) is 0 Å². The third kappa shape index (κ3) is 2.25. The molecule has 1 aliphatic carbocycles. The van der Waals surface area contributed by atoms with Crippen molar-refractivity contribution in [2.24, 2.45) is 0 Å². The molecular formula is C14H17N3S. The third-order valence-corrected chi connectivity index (χ3v) is 3.89. The van der Waals surface area contributed by atoms with Gasteiger partial charge in [0.1, 0.15) is 0 Å². The van der Waals surface area contributed by atoms with Crippen LogP contribution in [0.4, 0.5) is 0 Å². The first kappa shape index (κ1) is 11.7. The average Bonchev–Trinajstić information content (AvgIpc) is 2.73. The topological polar surface area (TPSA) is 33.6 Å². The maximum absolute atomic E-state index is 5.37. The Labute approximate surface area is 112 Å². The lowest BCUT2D eigenvalue weighted by atomic mass is 9.97. The Balaban J connectivity index is 1.84. The Kier molecular flexibility index (Phi) is 3.28. The lowest BCUT2D eigenvalue weighted by Gasteiger charge is -2.12. The number of rotatable bonds is 3. The maximum atomic E-state index is 5.37. The van der Waals surface area contributed by atoms with Crippen LogP contribution in [0.3, 0.4) is 0 Å². The molecule has 0 saturated heterocycles. The number of nitrogens with one attached hydrogen (secondary N) is 1. The van der Waals surface area contributed by atoms with Crippen molar-refractivity contribution >= 4 is 23.4 Å². The summed E-state index contributed by atoms with van der Waals surface area (Å²) in [6.45, 7) is 0.932. The van der Waals surface area contributed by atoms with Crippen LogP contribution < -0.4 is 0 Å². The molecule has 0 unspecified atom stereocenters. The number of H-pyrrole nitrogens is 1. The molecule has 0 spiro atoms. The highest BCUT2D eigenvalue weighted by Gasteiger charge is 2.07. The fraction of sp³-hybridized carbons (Fsp3) is 0.429. The average molecular weight is 259 g/mol. The molecule has 2 heterocycles. The van der Waals surface area contributed by atoms with Gasteiger partial charge in [-0.1, -0.05) is 11.6 Å². The van der Waals surface area contributed by atoms with E-state index in [1.165, 1.54) is 25.7 Å². The van der Waals surface area contributed by atoms with Gasteiger partial charge in [0, 0.05) is 12.7 Å². The Morgan fingerprint density at radius 1 is 1.39 bits per heavy atom. The number of allylic oxidation sites excluding steroid dienone is 2. The Morgan fingerprint density at radius 2 is 2.33 bits per heavy atom. The molecule has 3 rings (SSSR count). The van der Waals surface area contributed by atoms with Gasteiger partial charge in [0.25, 0.3) is 0 Å². The predicted octanol–water partition coefficient (Wildman–Crippen LogP) is 3.98. The van der Waals surface area contributed by atoms with Gasteiger partial charge >= 0.3 is 0 Å². The number of pyridine rings is 1. The zero-order chi connectivity index (χ0) is 12.4. The van der Waals surface area contributed by atoms with Crippen molar-refractivity contribution in [1.29, 1.82) is 0 Å². The van der Waals surface area contributed by atoms with Gasteiger partial charge in [0.15, 0.2) is 10.4 Å². The minimum absolute atomic E-state index is 0.778. The van der Waals surface area contributed by atoms with Crippen LogP contribution in [0.25, 0.3) is 11.2 Å². The van der Waals surface area contributed by atoms with Gasteiger partial charge < -0.3 is 9.55 Å². The molecule has 0 aliphatic heterocycles. The van der Waals surface area contributed by atoms with Gasteiger partial charge in [-0.05, 0) is 56.5 Å². The summed E-state index contributed by atoms with van der Waals surface area (Å²) in [7, 11) is 0. The molecule has 2 aromatic heterocycles. The highest BCUT2D eigenvalue weighted by Crippen LogP contribution is 2.21. The number of nitrogens with zero attached hydrogens (tertiary/aromatic N) is 2. The summed E-state index contributed by atoms with van der Waals surface area (Å²) in [5.74, 6) is 0. The first-order chi connectivity index (χ1) is 8.84. The van der Waals surface area contributed by atoms with E-state index >= 15 is 0 Å². The molecule has 0 amide bonds. The normalized spacial score (nSPS) is 15.9. The molecule has 0 bridgehead atoms. The lowest BCUT2D eigenvalue weighted by Crippen LogP contribution is -2.02. The van der Waals surface area contributed by atoms with Crippen molar-refractivity contribution in [3.05, 3.63) is 34.7 Å². The van der Waals surface area contributed by atoms with E-state index in [1.54, 1.807) is 5.57 Å². The second-order valence-electron chi connectivity index (χ2n) is 4.81. The summed E-state index contributed by atoms with van der Waals surface area (Å²) >= 11 is 5.37. The quantitative estimate of drug-likeness (QED) is 0.668. The van der Waals surface area contributed by atoms with E-state index in [4.69, 9.17) is 12.2 Å². The molecule has 1 aliphatic rings. The summed E-state index contributed by atoms with van der Waals surface area (Å²) < 4.78 is 2.89. The molecular weight excluding hydrogens is 242 g/mol. The van der Waals surface area contributed by atoms with E-state index in [-0.39, 0.29) is 0 Å². The second kappa shape index (κ2) is 5.06. The molecule has 94 valence electrons. The molecule has 0 aromatic carbocycles. The number of aryl methyl sites for hydroxylation is 1. The van der Waals surface area contributed by atoms with E-state index in [1.807, 2.05) is 18.3 Å². The molecule has 0 radical (unpaired) electrons. The fourth-order valence-corrected chi connectivity index (χ4v) is 2.87. The second-order valence-corrected chi connectivity index (χ2v) is 5.20. The molecule has 1 N–H and O–H groups in total. The number of hydrogen-bond acceptors (Lipinski definition) is 2. The van der Waals surface area contributed by atoms with Gasteiger partial charge in [-0.25, -0.2) is 4.98 Å². The first-order valence-electron chi connectivity index (χ1n) is 6.56. The number of aromatic amines is 1. The van der Waals surface area contributed by atoms with Crippen LogP contribution in [0.2, 0.25) is 0 Å². The number of hydrogen-bond donors (Lipinski definition) is 1. The smallest absolute Gasteiger partial charge is 0.179 e. The standard InChI is InChI=1S/C14H17N3S/c18-14-16-12-7-4-9-15-13(12)17(14)10-8-11-5-2-1-3-6-11/h4-5,7,9H,1-3,6,8,10H2,(H,16,18). The zero-order valence-electron chi connectivity index (χ0n) is 10.4. The SMILES string of the molecule is S=c1[nH]c2cccnc2n1CCC1=CCCCC1. The zero-order valence-corrected chi connectivity index (χ0v) is 11.2. The highest BCUT2D eigenvalue weighted by atomic mass is 32.1. The van der Waals surface area contributed by atoms with E-state index in [2.05, 4.69) is 20.6 Å². The van der Waals surface area contributed by atoms with Crippen LogP contribution in [-0.2, 0) is 6.54 Å². The van der Waals surface area contributed by atoms with Crippen molar-refractivity contribution in [3.8, 4) is 0 Å². The molecule has 0 atom stereocenters. The van der Waals surface area contributed by atoms with Gasteiger partial charge in [0.2, 0.25) is 0 Å². The highest BCUT2D eigenvalue weighted by molar-refractivity contribution is 7.71. The largest absolute Gasteiger partial charge is 0.329 e. The van der Waals surface area contributed by atoms with Gasteiger partial charge in [0.05, 0.1) is 5.52 Å². The minimum Gasteiger partial charge on any atom is -0.329 e. The van der Waals surface area contributed by atoms with Crippen LogP contribution in [0.5, 0.6) is 0 Å². The third-order valence-electron chi connectivity index (χ3n) is 3.57. The van der Waals surface area contributed by atoms with Crippen LogP contribution in [0, 0.1) is 4.77 Å². The van der Waals surface area contributed by atoms with Crippen molar-refractivity contribution in [2.75, 3.05) is 0 Å². The summed E-state index contributed by atoms with van der Waals surface area (Å²) in [5, 5.41) is 0. The Hall–Kier alpha value is -1.42. The van der Waals surface area contributed by atoms with E-state index in [0.717, 1.165) is 28.9 Å². The van der Waals surface area contributed by atoms with Gasteiger partial charge in [-0.2, -0.15) is 0 Å². The molecule has 3 nitrogen and oxygen atoms in total. The van der Waals surface area contributed by atoms with E-state index in [0.29, 0.717) is 0 Å². The summed E-state index contributed by atoms with van der Waals surface area (Å²) in [6, 6.07) is 3.95. The lowest BCUT2D eigenvalue weighted by molar-refractivity contribution is 0.627. The fourth-order valence-electron chi connectivity index (χ4n) is 2.58. The molecule has 0 fully saturated rings. The van der Waals surface area contributed by atoms with Crippen molar-refractivity contribution in [2.45, 2.75) is 38.6 Å². The number of fused-ring (bicyclic) bond motifs is 1. The molecule has 18 heavy (non-hydrogen) atoms. The summed E-state index contributed by atoms with van der Waals surface area (Å²) in [4.78, 5) is 7.62. The molecule has 4 heteroatoms. The summed E-state index contributed by atoms with van der Waals surface area (Å²) in [5.41, 5.74) is 3.58. The van der Waals surface area contributed by atoms with Crippen LogP contribution >= 0.6 is 12.2 Å². The predicted molar refractivity (Wildman–Crippen MR) is 76.1 cm³/mol. The van der Waals surface area contributed by atoms with E-state index < -0.39 is 0 Å². The Bertz CT molecular complexity index is 636.